The summed E-state index contributed by atoms with van der Waals surface area (Å²) >= 11 is 0. The number of benzene rings is 1. The maximum Gasteiger partial charge on any atom is 0.391 e. The summed E-state index contributed by atoms with van der Waals surface area (Å²) in [5.41, 5.74) is 3.26. The maximum atomic E-state index is 12.7. The standard InChI is InChI=1S/C16H17F3N2O3/c17-16(18,19)12-5-7-21(8-6-12)9-11-2-1-10-3-4-13(22)20-24-15(10)14(11)23/h1-4,12,23H,5-9H2,(H,20,22). The Morgan fingerprint density at radius 3 is 2.62 bits per heavy atom. The fourth-order valence-corrected chi connectivity index (χ4v) is 2.95. The van der Waals surface area contributed by atoms with Gasteiger partial charge in [0.05, 0.1) is 5.92 Å². The van der Waals surface area contributed by atoms with Gasteiger partial charge in [-0.1, -0.05) is 12.1 Å². The van der Waals surface area contributed by atoms with Crippen LogP contribution in [0.25, 0.3) is 6.08 Å². The molecule has 3 rings (SSSR count). The number of likely N-dealkylation sites (tertiary alicyclic amines) is 1. The van der Waals surface area contributed by atoms with E-state index in [0.717, 1.165) is 0 Å². The third-order valence-electron chi connectivity index (χ3n) is 4.36. The van der Waals surface area contributed by atoms with Gasteiger partial charge in [0.15, 0.2) is 5.75 Å². The maximum absolute atomic E-state index is 12.7. The average Bonchev–Trinajstić information content (AvgIpc) is 2.72. The molecule has 0 saturated carbocycles. The number of piperidine rings is 1. The Balaban J connectivity index is 1.69. The van der Waals surface area contributed by atoms with E-state index < -0.39 is 18.0 Å². The minimum Gasteiger partial charge on any atom is -0.504 e. The molecular formula is C16H17F3N2O3. The van der Waals surface area contributed by atoms with Gasteiger partial charge in [-0.25, -0.2) is 0 Å². The summed E-state index contributed by atoms with van der Waals surface area (Å²) in [5.74, 6) is -1.67. The molecule has 0 radical (unpaired) electrons. The first kappa shape index (κ1) is 16.6. The predicted octanol–water partition coefficient (Wildman–Crippen LogP) is 2.60. The fraction of sp³-hybridized carbons (Fsp3) is 0.438. The zero-order valence-corrected chi connectivity index (χ0v) is 12.8. The Kier molecular flexibility index (Phi) is 4.40. The van der Waals surface area contributed by atoms with Crippen molar-refractivity contribution in [2.45, 2.75) is 25.6 Å². The van der Waals surface area contributed by atoms with Crippen molar-refractivity contribution in [1.82, 2.24) is 10.4 Å². The van der Waals surface area contributed by atoms with Gasteiger partial charge in [-0.2, -0.15) is 18.7 Å². The molecule has 1 aromatic rings. The van der Waals surface area contributed by atoms with Gasteiger partial charge in [0.1, 0.15) is 0 Å². The second kappa shape index (κ2) is 6.35. The second-order valence-electron chi connectivity index (χ2n) is 5.99. The number of amides is 1. The summed E-state index contributed by atoms with van der Waals surface area (Å²) in [4.78, 5) is 18.2. The van der Waals surface area contributed by atoms with Gasteiger partial charge in [-0.15, -0.1) is 0 Å². The largest absolute Gasteiger partial charge is 0.504 e. The molecule has 2 N–H and O–H groups in total. The van der Waals surface area contributed by atoms with Crippen LogP contribution in [-0.2, 0) is 11.3 Å². The van der Waals surface area contributed by atoms with Crippen molar-refractivity contribution in [2.24, 2.45) is 5.92 Å². The minimum atomic E-state index is -4.14. The molecule has 1 saturated heterocycles. The number of nitrogens with one attached hydrogen (secondary N) is 1. The van der Waals surface area contributed by atoms with Crippen LogP contribution in [0.2, 0.25) is 0 Å². The molecule has 1 amide bonds. The molecule has 0 unspecified atom stereocenters. The number of rotatable bonds is 2. The Labute approximate surface area is 136 Å². The van der Waals surface area contributed by atoms with Crippen LogP contribution in [0.15, 0.2) is 18.2 Å². The fourth-order valence-electron chi connectivity index (χ4n) is 2.95. The molecule has 1 aromatic carbocycles. The molecule has 2 heterocycles. The van der Waals surface area contributed by atoms with E-state index in [0.29, 0.717) is 30.8 Å². The third kappa shape index (κ3) is 3.48. The van der Waals surface area contributed by atoms with Gasteiger partial charge in [0, 0.05) is 23.7 Å². The number of halogens is 3. The highest BCUT2D eigenvalue weighted by atomic mass is 19.4. The van der Waals surface area contributed by atoms with Crippen molar-refractivity contribution in [1.29, 1.82) is 0 Å². The first-order chi connectivity index (χ1) is 11.3. The van der Waals surface area contributed by atoms with Gasteiger partial charge >= 0.3 is 6.18 Å². The topological polar surface area (TPSA) is 61.8 Å². The summed E-state index contributed by atoms with van der Waals surface area (Å²) in [6, 6.07) is 3.39. The Hall–Kier alpha value is -2.22. The van der Waals surface area contributed by atoms with Gasteiger partial charge in [-0.05, 0) is 32.0 Å². The van der Waals surface area contributed by atoms with Crippen molar-refractivity contribution >= 4 is 12.0 Å². The Bertz CT molecular complexity index is 665. The van der Waals surface area contributed by atoms with Crippen LogP contribution in [0.4, 0.5) is 13.2 Å². The molecule has 5 nitrogen and oxygen atoms in total. The number of carbonyl (C=O) groups excluding carboxylic acids is 1. The number of phenolic OH excluding ortho intramolecular Hbond substituents is 1. The van der Waals surface area contributed by atoms with Crippen LogP contribution in [-0.4, -0.2) is 35.2 Å². The molecule has 2 aliphatic heterocycles. The summed E-state index contributed by atoms with van der Waals surface area (Å²) in [6.45, 7) is 0.959. The lowest BCUT2D eigenvalue weighted by Crippen LogP contribution is -2.38. The number of hydroxylamine groups is 1. The molecule has 0 atom stereocenters. The van der Waals surface area contributed by atoms with E-state index in [2.05, 4.69) is 5.48 Å². The summed E-state index contributed by atoms with van der Waals surface area (Å²) in [5, 5.41) is 10.3. The molecule has 8 heteroatoms. The number of carbonyl (C=O) groups is 1. The van der Waals surface area contributed by atoms with Crippen molar-refractivity contribution in [3.63, 3.8) is 0 Å². The van der Waals surface area contributed by atoms with Crippen LogP contribution in [0.3, 0.4) is 0 Å². The SMILES string of the molecule is O=C1C=Cc2ccc(CN3CCC(C(F)(F)F)CC3)c(O)c2ON1. The molecule has 0 bridgehead atoms. The zero-order chi connectivity index (χ0) is 17.3. The quantitative estimate of drug-likeness (QED) is 0.867. The smallest absolute Gasteiger partial charge is 0.391 e. The molecule has 2 aliphatic rings. The molecule has 0 aromatic heterocycles. The summed E-state index contributed by atoms with van der Waals surface area (Å²) < 4.78 is 38.1. The van der Waals surface area contributed by atoms with Crippen LogP contribution in [0.1, 0.15) is 24.0 Å². The third-order valence-corrected chi connectivity index (χ3v) is 4.36. The van der Waals surface area contributed by atoms with E-state index in [4.69, 9.17) is 4.84 Å². The van der Waals surface area contributed by atoms with Crippen LogP contribution < -0.4 is 10.3 Å². The number of aromatic hydroxyl groups is 1. The first-order valence-electron chi connectivity index (χ1n) is 7.63. The van der Waals surface area contributed by atoms with Crippen molar-refractivity contribution < 1.29 is 27.9 Å². The van der Waals surface area contributed by atoms with E-state index in [1.54, 1.807) is 12.1 Å². The van der Waals surface area contributed by atoms with Gasteiger partial charge in [0.2, 0.25) is 5.75 Å². The molecule has 24 heavy (non-hydrogen) atoms. The lowest BCUT2D eigenvalue weighted by molar-refractivity contribution is -0.185. The summed E-state index contributed by atoms with van der Waals surface area (Å²) in [6.07, 6.45) is -1.21. The molecular weight excluding hydrogens is 325 g/mol. The molecule has 1 fully saturated rings. The van der Waals surface area contributed by atoms with Crippen molar-refractivity contribution in [3.8, 4) is 11.5 Å². The van der Waals surface area contributed by atoms with Gasteiger partial charge < -0.3 is 9.94 Å². The Morgan fingerprint density at radius 2 is 1.96 bits per heavy atom. The lowest BCUT2D eigenvalue weighted by atomic mass is 9.96. The predicted molar refractivity (Wildman–Crippen MR) is 80.0 cm³/mol. The van der Waals surface area contributed by atoms with E-state index >= 15 is 0 Å². The van der Waals surface area contributed by atoms with Crippen molar-refractivity contribution in [3.05, 3.63) is 29.3 Å². The van der Waals surface area contributed by atoms with E-state index in [-0.39, 0.29) is 24.3 Å². The van der Waals surface area contributed by atoms with Crippen LogP contribution >= 0.6 is 0 Å². The van der Waals surface area contributed by atoms with E-state index in [1.807, 2.05) is 4.90 Å². The molecule has 0 spiro atoms. The van der Waals surface area contributed by atoms with Crippen LogP contribution in [0, 0.1) is 5.92 Å². The highest BCUT2D eigenvalue weighted by Gasteiger charge is 2.41. The monoisotopic (exact) mass is 342 g/mol. The van der Waals surface area contributed by atoms with Gasteiger partial charge in [0.25, 0.3) is 5.91 Å². The molecule has 0 aliphatic carbocycles. The van der Waals surface area contributed by atoms with E-state index in [1.165, 1.54) is 12.2 Å². The Morgan fingerprint density at radius 1 is 1.25 bits per heavy atom. The highest BCUT2D eigenvalue weighted by molar-refractivity contribution is 5.92. The number of alkyl halides is 3. The lowest BCUT2D eigenvalue weighted by Gasteiger charge is -2.33. The highest BCUT2D eigenvalue weighted by Crippen LogP contribution is 2.38. The van der Waals surface area contributed by atoms with Gasteiger partial charge in [-0.3, -0.25) is 9.69 Å². The average molecular weight is 342 g/mol. The first-order valence-corrected chi connectivity index (χ1v) is 7.63. The number of phenols is 1. The number of nitrogens with zero attached hydrogens (tertiary/aromatic N) is 1. The van der Waals surface area contributed by atoms with Crippen molar-refractivity contribution in [2.75, 3.05) is 13.1 Å². The number of hydrogen-bond donors (Lipinski definition) is 2. The summed E-state index contributed by atoms with van der Waals surface area (Å²) in [7, 11) is 0. The number of fused-ring (bicyclic) bond motifs is 1. The number of hydrogen-bond acceptors (Lipinski definition) is 4. The minimum absolute atomic E-state index is 0.0600. The normalized spacial score (nSPS) is 19.4. The zero-order valence-electron chi connectivity index (χ0n) is 12.8. The van der Waals surface area contributed by atoms with Crippen LogP contribution in [0.5, 0.6) is 11.5 Å². The second-order valence-corrected chi connectivity index (χ2v) is 5.99. The molecule has 130 valence electrons. The van der Waals surface area contributed by atoms with E-state index in [9.17, 15) is 23.1 Å².